The van der Waals surface area contributed by atoms with Crippen molar-refractivity contribution < 1.29 is 0 Å². The molecule has 1 aliphatic rings. The van der Waals surface area contributed by atoms with E-state index >= 15 is 0 Å². The molecule has 0 atom stereocenters. The monoisotopic (exact) mass is 241 g/mol. The maximum atomic E-state index is 6.18. The first-order valence-electron chi connectivity index (χ1n) is 6.09. The van der Waals surface area contributed by atoms with Crippen LogP contribution in [0, 0.1) is 0 Å². The van der Waals surface area contributed by atoms with E-state index in [1.165, 1.54) is 37.9 Å². The Morgan fingerprint density at radius 3 is 2.69 bits per heavy atom. The molecule has 0 spiro atoms. The van der Waals surface area contributed by atoms with E-state index in [0.717, 1.165) is 12.2 Å². The quantitative estimate of drug-likeness (QED) is 0.882. The van der Waals surface area contributed by atoms with Gasteiger partial charge in [0.25, 0.3) is 0 Å². The topological polar surface area (TPSA) is 29.9 Å². The molecule has 90 valence electrons. The van der Waals surface area contributed by atoms with Crippen molar-refractivity contribution in [3.8, 4) is 0 Å². The van der Waals surface area contributed by atoms with Crippen LogP contribution in [0.3, 0.4) is 0 Å². The highest BCUT2D eigenvalue weighted by atomic mass is 35.5. The van der Waals surface area contributed by atoms with Crippen molar-refractivity contribution in [3.05, 3.63) is 16.7 Å². The summed E-state index contributed by atoms with van der Waals surface area (Å²) in [5, 5.41) is 3.80. The zero-order chi connectivity index (χ0) is 11.5. The highest BCUT2D eigenvalue weighted by Crippen LogP contribution is 2.33. The lowest BCUT2D eigenvalue weighted by molar-refractivity contribution is 0.420. The van der Waals surface area contributed by atoms with E-state index in [1.54, 1.807) is 0 Å². The first kappa shape index (κ1) is 11.9. The van der Waals surface area contributed by atoms with E-state index in [-0.39, 0.29) is 0 Å². The van der Waals surface area contributed by atoms with Crippen LogP contribution in [0.4, 0.5) is 0 Å². The summed E-state index contributed by atoms with van der Waals surface area (Å²) in [6.45, 7) is 0.787. The van der Waals surface area contributed by atoms with Gasteiger partial charge in [0.2, 0.25) is 0 Å². The average Bonchev–Trinajstić information content (AvgIpc) is 2.59. The maximum absolute atomic E-state index is 6.18. The van der Waals surface area contributed by atoms with E-state index < -0.39 is 0 Å². The van der Waals surface area contributed by atoms with Gasteiger partial charge in [-0.2, -0.15) is 0 Å². The van der Waals surface area contributed by atoms with Gasteiger partial charge in [0.1, 0.15) is 5.82 Å². The molecular weight excluding hydrogens is 222 g/mol. The molecule has 4 heteroatoms. The molecule has 2 rings (SSSR count). The highest BCUT2D eigenvalue weighted by molar-refractivity contribution is 6.30. The Bertz CT molecular complexity index is 353. The normalized spacial score (nSPS) is 17.9. The van der Waals surface area contributed by atoms with Crippen LogP contribution in [-0.2, 0) is 13.6 Å². The lowest BCUT2D eigenvalue weighted by atomic mass is 9.89. The average molecular weight is 242 g/mol. The molecule has 0 saturated heterocycles. The summed E-state index contributed by atoms with van der Waals surface area (Å²) in [4.78, 5) is 4.54. The van der Waals surface area contributed by atoms with E-state index in [4.69, 9.17) is 11.6 Å². The lowest BCUT2D eigenvalue weighted by Gasteiger charge is -2.21. The van der Waals surface area contributed by atoms with E-state index in [9.17, 15) is 0 Å². The number of halogens is 1. The SMILES string of the molecule is CNCc1c(Cl)nc(C2CCCCC2)n1C. The van der Waals surface area contributed by atoms with Crippen LogP contribution in [0.1, 0.15) is 49.5 Å². The number of nitrogens with zero attached hydrogens (tertiary/aromatic N) is 2. The summed E-state index contributed by atoms with van der Waals surface area (Å²) < 4.78 is 2.18. The largest absolute Gasteiger partial charge is 0.332 e. The number of hydrogen-bond donors (Lipinski definition) is 1. The van der Waals surface area contributed by atoms with Crippen LogP contribution in [0.2, 0.25) is 5.15 Å². The highest BCUT2D eigenvalue weighted by Gasteiger charge is 2.22. The molecule has 1 aromatic rings. The van der Waals surface area contributed by atoms with Crippen LogP contribution in [0.15, 0.2) is 0 Å². The Kier molecular flexibility index (Phi) is 3.87. The predicted octanol–water partition coefficient (Wildman–Crippen LogP) is 2.84. The van der Waals surface area contributed by atoms with Gasteiger partial charge < -0.3 is 9.88 Å². The molecular formula is C12H20ClN3. The summed E-state index contributed by atoms with van der Waals surface area (Å²) in [7, 11) is 4.01. The molecule has 16 heavy (non-hydrogen) atoms. The minimum absolute atomic E-state index is 0.613. The van der Waals surface area contributed by atoms with Gasteiger partial charge in [-0.05, 0) is 19.9 Å². The van der Waals surface area contributed by atoms with Crippen molar-refractivity contribution in [3.63, 3.8) is 0 Å². The minimum Gasteiger partial charge on any atom is -0.332 e. The molecule has 0 unspecified atom stereocenters. The molecule has 1 saturated carbocycles. The van der Waals surface area contributed by atoms with Crippen molar-refractivity contribution in [1.29, 1.82) is 0 Å². The Balaban J connectivity index is 2.23. The van der Waals surface area contributed by atoms with Gasteiger partial charge in [-0.25, -0.2) is 4.98 Å². The third-order valence-corrected chi connectivity index (χ3v) is 3.82. The second-order valence-corrected chi connectivity index (χ2v) is 4.99. The van der Waals surface area contributed by atoms with Gasteiger partial charge >= 0.3 is 0 Å². The molecule has 0 aromatic carbocycles. The smallest absolute Gasteiger partial charge is 0.151 e. The van der Waals surface area contributed by atoms with Crippen molar-refractivity contribution in [2.24, 2.45) is 7.05 Å². The molecule has 0 aliphatic heterocycles. The second-order valence-electron chi connectivity index (χ2n) is 4.63. The summed E-state index contributed by atoms with van der Waals surface area (Å²) in [5.41, 5.74) is 1.10. The molecule has 1 N–H and O–H groups in total. The fraction of sp³-hybridized carbons (Fsp3) is 0.750. The number of nitrogens with one attached hydrogen (secondary N) is 1. The summed E-state index contributed by atoms with van der Waals surface area (Å²) in [6.07, 6.45) is 6.56. The molecule has 3 nitrogen and oxygen atoms in total. The van der Waals surface area contributed by atoms with Crippen molar-refractivity contribution >= 4 is 11.6 Å². The Hall–Kier alpha value is -0.540. The van der Waals surface area contributed by atoms with E-state index in [1.807, 2.05) is 7.05 Å². The maximum Gasteiger partial charge on any atom is 0.151 e. The fourth-order valence-corrected chi connectivity index (χ4v) is 2.88. The Morgan fingerprint density at radius 2 is 2.06 bits per heavy atom. The molecule has 0 amide bonds. The molecule has 1 heterocycles. The van der Waals surface area contributed by atoms with Crippen LogP contribution in [0.25, 0.3) is 0 Å². The van der Waals surface area contributed by atoms with Gasteiger partial charge in [0, 0.05) is 19.5 Å². The van der Waals surface area contributed by atoms with Gasteiger partial charge in [-0.1, -0.05) is 30.9 Å². The summed E-state index contributed by atoms with van der Waals surface area (Å²) in [6, 6.07) is 0. The third-order valence-electron chi connectivity index (χ3n) is 3.51. The standard InChI is InChI=1S/C12H20ClN3/c1-14-8-10-11(13)15-12(16(10)2)9-6-4-3-5-7-9/h9,14H,3-8H2,1-2H3. The zero-order valence-corrected chi connectivity index (χ0v) is 10.8. The van der Waals surface area contributed by atoms with Crippen molar-refractivity contribution in [2.45, 2.75) is 44.6 Å². The van der Waals surface area contributed by atoms with Crippen LogP contribution < -0.4 is 5.32 Å². The van der Waals surface area contributed by atoms with Gasteiger partial charge in [0.15, 0.2) is 5.15 Å². The molecule has 0 bridgehead atoms. The molecule has 1 aliphatic carbocycles. The van der Waals surface area contributed by atoms with E-state index in [2.05, 4.69) is 21.9 Å². The number of hydrogen-bond acceptors (Lipinski definition) is 2. The molecule has 1 aromatic heterocycles. The summed E-state index contributed by atoms with van der Waals surface area (Å²) in [5.74, 6) is 1.79. The first-order valence-corrected chi connectivity index (χ1v) is 6.47. The third kappa shape index (κ3) is 2.25. The summed E-state index contributed by atoms with van der Waals surface area (Å²) >= 11 is 6.18. The van der Waals surface area contributed by atoms with Crippen LogP contribution >= 0.6 is 11.6 Å². The Morgan fingerprint density at radius 1 is 1.38 bits per heavy atom. The Labute approximate surface area is 102 Å². The van der Waals surface area contributed by atoms with Crippen molar-refractivity contribution in [1.82, 2.24) is 14.9 Å². The first-order chi connectivity index (χ1) is 7.74. The number of rotatable bonds is 3. The van der Waals surface area contributed by atoms with Gasteiger partial charge in [-0.15, -0.1) is 0 Å². The molecule has 1 fully saturated rings. The number of imidazole rings is 1. The lowest BCUT2D eigenvalue weighted by Crippen LogP contribution is -2.14. The van der Waals surface area contributed by atoms with Crippen molar-refractivity contribution in [2.75, 3.05) is 7.05 Å². The minimum atomic E-state index is 0.613. The fourth-order valence-electron chi connectivity index (χ4n) is 2.60. The second kappa shape index (κ2) is 5.19. The predicted molar refractivity (Wildman–Crippen MR) is 66.8 cm³/mol. The number of aromatic nitrogens is 2. The molecule has 0 radical (unpaired) electrons. The van der Waals surface area contributed by atoms with E-state index in [0.29, 0.717) is 11.1 Å². The van der Waals surface area contributed by atoms with Gasteiger partial charge in [-0.3, -0.25) is 0 Å². The zero-order valence-electron chi connectivity index (χ0n) is 10.1. The van der Waals surface area contributed by atoms with Gasteiger partial charge in [0.05, 0.1) is 5.69 Å². The van der Waals surface area contributed by atoms with Crippen LogP contribution in [-0.4, -0.2) is 16.6 Å². The van der Waals surface area contributed by atoms with Crippen LogP contribution in [0.5, 0.6) is 0 Å².